The third-order valence-corrected chi connectivity index (χ3v) is 9.06. The summed E-state index contributed by atoms with van der Waals surface area (Å²) in [7, 11) is 0. The number of para-hydroxylation sites is 5. The van der Waals surface area contributed by atoms with Crippen LogP contribution in [0.1, 0.15) is 5.56 Å². The average molecular weight is 560 g/mol. The smallest absolute Gasteiger partial charge is 0.165 e. The first kappa shape index (κ1) is 23.3. The molecule has 10 aromatic rings. The maximum absolute atomic E-state index is 9.48. The second kappa shape index (κ2) is 8.41. The lowest BCUT2D eigenvalue weighted by atomic mass is 10.0. The molecule has 0 spiro atoms. The van der Waals surface area contributed by atoms with Gasteiger partial charge < -0.3 is 4.40 Å². The molecular formula is C39H21N5. The average Bonchev–Trinajstić information content (AvgIpc) is 3.72. The largest absolute Gasteiger partial charge is 0.308 e. The van der Waals surface area contributed by atoms with Crippen LogP contribution in [0.15, 0.2) is 127 Å². The molecule has 202 valence electrons. The van der Waals surface area contributed by atoms with E-state index in [-0.39, 0.29) is 0 Å². The maximum atomic E-state index is 9.48. The van der Waals surface area contributed by atoms with Crippen LogP contribution in [0.5, 0.6) is 0 Å². The van der Waals surface area contributed by atoms with Crippen molar-refractivity contribution in [3.05, 3.63) is 133 Å². The van der Waals surface area contributed by atoms with E-state index in [2.05, 4.69) is 93.9 Å². The highest BCUT2D eigenvalue weighted by atomic mass is 15.1. The fourth-order valence-corrected chi connectivity index (χ4v) is 7.22. The van der Waals surface area contributed by atoms with Crippen molar-refractivity contribution in [1.82, 2.24) is 18.9 Å². The summed E-state index contributed by atoms with van der Waals surface area (Å²) in [4.78, 5) is 10.5. The summed E-state index contributed by atoms with van der Waals surface area (Å²) in [6, 6.07) is 46.3. The molecule has 0 atom stereocenters. The van der Waals surface area contributed by atoms with Crippen LogP contribution in [0, 0.1) is 11.3 Å². The minimum atomic E-state index is 0.612. The number of benzene rings is 6. The Morgan fingerprint density at radius 3 is 1.82 bits per heavy atom. The number of hydrogen-bond donors (Lipinski definition) is 0. The molecule has 0 aliphatic rings. The van der Waals surface area contributed by atoms with E-state index in [4.69, 9.17) is 9.97 Å². The quantitative estimate of drug-likeness (QED) is 0.212. The third kappa shape index (κ3) is 2.91. The fourth-order valence-electron chi connectivity index (χ4n) is 7.22. The van der Waals surface area contributed by atoms with Crippen LogP contribution >= 0.6 is 0 Å². The Bertz CT molecular complexity index is 2830. The third-order valence-electron chi connectivity index (χ3n) is 9.06. The molecule has 0 aliphatic heterocycles. The predicted octanol–water partition coefficient (Wildman–Crippen LogP) is 9.42. The van der Waals surface area contributed by atoms with Crippen molar-refractivity contribution in [3.63, 3.8) is 0 Å². The lowest BCUT2D eigenvalue weighted by Gasteiger charge is -2.14. The highest BCUT2D eigenvalue weighted by Crippen LogP contribution is 2.46. The standard InChI is InChI=1S/C39H21N5/c40-22-23-17-19-24(20-18-23)36-39(42-31-13-5-4-12-30(31)41-36)44-33-15-7-2-10-26(33)29-21-28-25-9-1-6-14-32(25)43-34-16-8-3-11-27(34)35(37(28)43)38(29)44/h1-21H. The van der Waals surface area contributed by atoms with E-state index in [1.807, 2.05) is 48.5 Å². The van der Waals surface area contributed by atoms with E-state index in [1.54, 1.807) is 0 Å². The first-order valence-electron chi connectivity index (χ1n) is 14.7. The van der Waals surface area contributed by atoms with Gasteiger partial charge in [0, 0.05) is 37.9 Å². The topological polar surface area (TPSA) is 58.9 Å². The molecule has 0 amide bonds. The van der Waals surface area contributed by atoms with Gasteiger partial charge in [0.25, 0.3) is 0 Å². The number of rotatable bonds is 2. The van der Waals surface area contributed by atoms with Gasteiger partial charge in [-0.2, -0.15) is 5.26 Å². The number of fused-ring (bicyclic) bond motifs is 11. The lowest BCUT2D eigenvalue weighted by molar-refractivity contribution is 1.08. The van der Waals surface area contributed by atoms with Crippen molar-refractivity contribution in [3.8, 4) is 23.1 Å². The zero-order valence-corrected chi connectivity index (χ0v) is 23.4. The molecule has 4 aromatic heterocycles. The molecular weight excluding hydrogens is 538 g/mol. The second-order valence-corrected chi connectivity index (χ2v) is 11.3. The molecule has 0 aliphatic carbocycles. The van der Waals surface area contributed by atoms with E-state index < -0.39 is 0 Å². The fraction of sp³-hybridized carbons (Fsp3) is 0. The Hall–Kier alpha value is -6.25. The highest BCUT2D eigenvalue weighted by Gasteiger charge is 2.26. The van der Waals surface area contributed by atoms with Gasteiger partial charge in [-0.25, -0.2) is 9.97 Å². The Labute approximate surface area is 250 Å². The summed E-state index contributed by atoms with van der Waals surface area (Å²) in [5, 5.41) is 16.8. The van der Waals surface area contributed by atoms with Gasteiger partial charge in [0.15, 0.2) is 5.82 Å². The van der Waals surface area contributed by atoms with Crippen molar-refractivity contribution in [2.45, 2.75) is 0 Å². The molecule has 6 aromatic carbocycles. The zero-order chi connectivity index (χ0) is 28.9. The van der Waals surface area contributed by atoms with Crippen LogP contribution in [0.25, 0.3) is 88.0 Å². The van der Waals surface area contributed by atoms with Gasteiger partial charge in [-0.1, -0.05) is 78.9 Å². The Morgan fingerprint density at radius 1 is 0.523 bits per heavy atom. The van der Waals surface area contributed by atoms with E-state index >= 15 is 0 Å². The Kier molecular flexibility index (Phi) is 4.46. The second-order valence-electron chi connectivity index (χ2n) is 11.3. The summed E-state index contributed by atoms with van der Waals surface area (Å²) < 4.78 is 4.74. The first-order valence-corrected chi connectivity index (χ1v) is 14.7. The maximum Gasteiger partial charge on any atom is 0.165 e. The van der Waals surface area contributed by atoms with E-state index in [0.29, 0.717) is 5.56 Å². The molecule has 0 fully saturated rings. The van der Waals surface area contributed by atoms with E-state index in [9.17, 15) is 5.26 Å². The number of hydrogen-bond acceptors (Lipinski definition) is 3. The van der Waals surface area contributed by atoms with Gasteiger partial charge in [-0.05, 0) is 48.5 Å². The molecule has 0 saturated heterocycles. The molecule has 10 rings (SSSR count). The highest BCUT2D eigenvalue weighted by molar-refractivity contribution is 6.34. The number of aromatic nitrogens is 4. The Morgan fingerprint density at radius 2 is 1.09 bits per heavy atom. The molecule has 0 unspecified atom stereocenters. The van der Waals surface area contributed by atoms with Crippen LogP contribution in [-0.2, 0) is 0 Å². The van der Waals surface area contributed by atoms with Crippen LogP contribution in [-0.4, -0.2) is 18.9 Å². The van der Waals surface area contributed by atoms with Crippen molar-refractivity contribution >= 4 is 70.9 Å². The van der Waals surface area contributed by atoms with Gasteiger partial charge in [-0.15, -0.1) is 0 Å². The summed E-state index contributed by atoms with van der Waals surface area (Å²) in [5.74, 6) is 0.766. The van der Waals surface area contributed by atoms with E-state index in [0.717, 1.165) is 39.1 Å². The van der Waals surface area contributed by atoms with Crippen molar-refractivity contribution in [2.75, 3.05) is 0 Å². The van der Waals surface area contributed by atoms with Crippen LogP contribution in [0.3, 0.4) is 0 Å². The van der Waals surface area contributed by atoms with Crippen molar-refractivity contribution < 1.29 is 0 Å². The van der Waals surface area contributed by atoms with Crippen LogP contribution in [0.2, 0.25) is 0 Å². The van der Waals surface area contributed by atoms with Crippen molar-refractivity contribution in [1.29, 1.82) is 5.26 Å². The van der Waals surface area contributed by atoms with Crippen molar-refractivity contribution in [2.24, 2.45) is 0 Å². The van der Waals surface area contributed by atoms with E-state index in [1.165, 1.54) is 48.9 Å². The summed E-state index contributed by atoms with van der Waals surface area (Å²) >= 11 is 0. The molecule has 0 N–H and O–H groups in total. The number of nitriles is 1. The molecule has 0 radical (unpaired) electrons. The van der Waals surface area contributed by atoms with Gasteiger partial charge in [0.05, 0.1) is 50.2 Å². The minimum Gasteiger partial charge on any atom is -0.308 e. The van der Waals surface area contributed by atoms with Crippen LogP contribution < -0.4 is 0 Å². The van der Waals surface area contributed by atoms with Gasteiger partial charge >= 0.3 is 0 Å². The SMILES string of the molecule is N#Cc1ccc(-c2nc3ccccc3nc2-n2c3ccccc3c3cc4c5ccccc5n5c6ccccc6c(c32)c45)cc1. The molecule has 4 heterocycles. The normalized spacial score (nSPS) is 12.1. The summed E-state index contributed by atoms with van der Waals surface area (Å²) in [6.07, 6.45) is 0. The number of nitrogens with zero attached hydrogens (tertiary/aromatic N) is 5. The van der Waals surface area contributed by atoms with Gasteiger partial charge in [0.1, 0.15) is 5.69 Å². The molecule has 5 nitrogen and oxygen atoms in total. The molecule has 44 heavy (non-hydrogen) atoms. The predicted molar refractivity (Wildman–Crippen MR) is 179 cm³/mol. The molecule has 0 bridgehead atoms. The Balaban J connectivity index is 1.47. The summed E-state index contributed by atoms with van der Waals surface area (Å²) in [5.41, 5.74) is 9.77. The monoisotopic (exact) mass is 559 g/mol. The van der Waals surface area contributed by atoms with Crippen LogP contribution in [0.4, 0.5) is 0 Å². The summed E-state index contributed by atoms with van der Waals surface area (Å²) in [6.45, 7) is 0. The van der Waals surface area contributed by atoms with Gasteiger partial charge in [-0.3, -0.25) is 4.57 Å². The minimum absolute atomic E-state index is 0.612. The van der Waals surface area contributed by atoms with Gasteiger partial charge in [0.2, 0.25) is 0 Å². The molecule has 5 heteroatoms. The zero-order valence-electron chi connectivity index (χ0n) is 23.4. The lowest BCUT2D eigenvalue weighted by Crippen LogP contribution is -2.04. The molecule has 0 saturated carbocycles. The first-order chi connectivity index (χ1) is 21.8.